The number of hydrogen-bond acceptors (Lipinski definition) is 4. The van der Waals surface area contributed by atoms with Gasteiger partial charge in [-0.1, -0.05) is 16.8 Å². The Balaban J connectivity index is 2.37. The lowest BCUT2D eigenvalue weighted by Gasteiger charge is -2.41. The van der Waals surface area contributed by atoms with E-state index < -0.39 is 0 Å². The van der Waals surface area contributed by atoms with Gasteiger partial charge in [-0.25, -0.2) is 0 Å². The summed E-state index contributed by atoms with van der Waals surface area (Å²) in [5.74, 6) is 0.147. The predicted octanol–water partition coefficient (Wildman–Crippen LogP) is 2.09. The van der Waals surface area contributed by atoms with Crippen molar-refractivity contribution in [1.82, 2.24) is 0 Å². The van der Waals surface area contributed by atoms with Crippen molar-refractivity contribution in [2.24, 2.45) is 10.9 Å². The zero-order valence-electron chi connectivity index (χ0n) is 12.4. The van der Waals surface area contributed by atoms with Crippen LogP contribution in [-0.4, -0.2) is 36.8 Å². The lowest BCUT2D eigenvalue weighted by molar-refractivity contribution is -0.00465. The van der Waals surface area contributed by atoms with E-state index in [2.05, 4.69) is 17.0 Å². The molecule has 20 heavy (non-hydrogen) atoms. The zero-order valence-corrected chi connectivity index (χ0v) is 12.4. The van der Waals surface area contributed by atoms with Crippen LogP contribution >= 0.6 is 0 Å². The highest BCUT2D eigenvalue weighted by Crippen LogP contribution is 2.30. The van der Waals surface area contributed by atoms with Crippen LogP contribution in [0.4, 0.5) is 5.69 Å². The lowest BCUT2D eigenvalue weighted by Crippen LogP contribution is -2.48. The van der Waals surface area contributed by atoms with E-state index in [9.17, 15) is 0 Å². The van der Waals surface area contributed by atoms with Gasteiger partial charge in [-0.3, -0.25) is 0 Å². The number of nitrogens with zero attached hydrogens (tertiary/aromatic N) is 2. The summed E-state index contributed by atoms with van der Waals surface area (Å²) in [5, 5.41) is 12.1. The van der Waals surface area contributed by atoms with Crippen LogP contribution in [0, 0.1) is 6.92 Å². The highest BCUT2D eigenvalue weighted by Gasteiger charge is 2.31. The first-order chi connectivity index (χ1) is 9.49. The topological polar surface area (TPSA) is 71.1 Å². The van der Waals surface area contributed by atoms with E-state index in [4.69, 9.17) is 15.7 Å². The smallest absolute Gasteiger partial charge is 0.172 e. The largest absolute Gasteiger partial charge is 0.409 e. The van der Waals surface area contributed by atoms with Gasteiger partial charge in [0.15, 0.2) is 5.84 Å². The van der Waals surface area contributed by atoms with Crippen LogP contribution in [0.1, 0.15) is 30.9 Å². The quantitative estimate of drug-likeness (QED) is 0.384. The molecule has 0 saturated carbocycles. The molecule has 1 unspecified atom stereocenters. The van der Waals surface area contributed by atoms with Crippen molar-refractivity contribution in [3.05, 3.63) is 29.3 Å². The summed E-state index contributed by atoms with van der Waals surface area (Å²) in [6.07, 6.45) is 2.11. The van der Waals surface area contributed by atoms with Gasteiger partial charge in [0.1, 0.15) is 0 Å². The van der Waals surface area contributed by atoms with Gasteiger partial charge in [0.05, 0.1) is 5.60 Å². The molecule has 0 aliphatic carbocycles. The third-order valence-corrected chi connectivity index (χ3v) is 4.03. The summed E-state index contributed by atoms with van der Waals surface area (Å²) >= 11 is 0. The molecule has 2 rings (SSSR count). The Morgan fingerprint density at radius 2 is 2.25 bits per heavy atom. The van der Waals surface area contributed by atoms with Crippen LogP contribution in [0.15, 0.2) is 23.4 Å². The molecule has 0 spiro atoms. The van der Waals surface area contributed by atoms with E-state index in [-0.39, 0.29) is 11.4 Å². The first kappa shape index (κ1) is 14.7. The van der Waals surface area contributed by atoms with Gasteiger partial charge in [0.2, 0.25) is 0 Å². The lowest BCUT2D eigenvalue weighted by atomic mass is 9.93. The average molecular weight is 277 g/mol. The van der Waals surface area contributed by atoms with Crippen molar-refractivity contribution in [3.63, 3.8) is 0 Å². The fourth-order valence-electron chi connectivity index (χ4n) is 2.76. The highest BCUT2D eigenvalue weighted by molar-refractivity contribution is 6.02. The second kappa shape index (κ2) is 5.71. The minimum atomic E-state index is -0.147. The molecule has 0 bridgehead atoms. The maximum Gasteiger partial charge on any atom is 0.172 e. The normalized spacial score (nSPS) is 23.9. The van der Waals surface area contributed by atoms with E-state index in [1.807, 2.05) is 25.1 Å². The Kier molecular flexibility index (Phi) is 4.18. The van der Waals surface area contributed by atoms with Gasteiger partial charge in [-0.2, -0.15) is 0 Å². The molecule has 110 valence electrons. The third kappa shape index (κ3) is 2.88. The minimum absolute atomic E-state index is 0.147. The molecule has 1 aromatic rings. The summed E-state index contributed by atoms with van der Waals surface area (Å²) in [4.78, 5) is 2.25. The van der Waals surface area contributed by atoms with E-state index in [0.29, 0.717) is 0 Å². The Labute approximate surface area is 120 Å². The van der Waals surface area contributed by atoms with Crippen molar-refractivity contribution in [3.8, 4) is 0 Å². The first-order valence-electron chi connectivity index (χ1n) is 6.88. The monoisotopic (exact) mass is 277 g/mol. The molecule has 3 N–H and O–H groups in total. The van der Waals surface area contributed by atoms with Crippen molar-refractivity contribution >= 4 is 11.5 Å². The molecule has 1 aliphatic heterocycles. The maximum absolute atomic E-state index is 8.97. The molecule has 1 aromatic carbocycles. The number of amidine groups is 1. The molecule has 0 amide bonds. The average Bonchev–Trinajstić information content (AvgIpc) is 2.46. The van der Waals surface area contributed by atoms with Crippen molar-refractivity contribution in [1.29, 1.82) is 0 Å². The van der Waals surface area contributed by atoms with Gasteiger partial charge in [0, 0.05) is 31.5 Å². The molecule has 0 radical (unpaired) electrons. The standard InChI is InChI=1S/C15H23N3O2/c1-11-5-6-13(12(9-11)14(16)17-19)18-8-4-7-15(2,10-18)20-3/h5-6,9,19H,4,7-8,10H2,1-3H3,(H2,16,17). The van der Waals surface area contributed by atoms with E-state index in [1.54, 1.807) is 7.11 Å². The van der Waals surface area contributed by atoms with E-state index in [0.717, 1.165) is 42.7 Å². The Bertz CT molecular complexity index is 516. The van der Waals surface area contributed by atoms with Gasteiger partial charge in [0.25, 0.3) is 0 Å². The number of rotatable bonds is 3. The Morgan fingerprint density at radius 1 is 1.50 bits per heavy atom. The van der Waals surface area contributed by atoms with Gasteiger partial charge in [-0.05, 0) is 38.8 Å². The molecule has 5 heteroatoms. The number of methoxy groups -OCH3 is 1. The van der Waals surface area contributed by atoms with Crippen LogP contribution in [-0.2, 0) is 4.74 Å². The van der Waals surface area contributed by atoms with Gasteiger partial charge in [-0.15, -0.1) is 0 Å². The summed E-state index contributed by atoms with van der Waals surface area (Å²) in [7, 11) is 1.75. The number of ether oxygens (including phenoxy) is 1. The minimum Gasteiger partial charge on any atom is -0.409 e. The van der Waals surface area contributed by atoms with Crippen molar-refractivity contribution < 1.29 is 9.94 Å². The number of benzene rings is 1. The van der Waals surface area contributed by atoms with Crippen LogP contribution in [0.2, 0.25) is 0 Å². The number of piperidine rings is 1. The molecular formula is C15H23N3O2. The second-order valence-corrected chi connectivity index (χ2v) is 5.68. The Morgan fingerprint density at radius 3 is 2.90 bits per heavy atom. The molecule has 1 saturated heterocycles. The van der Waals surface area contributed by atoms with Gasteiger partial charge < -0.3 is 20.6 Å². The molecular weight excluding hydrogens is 254 g/mol. The SMILES string of the molecule is COC1(C)CCCN(c2ccc(C)cc2/C(N)=N/O)C1. The molecule has 1 heterocycles. The molecule has 0 aromatic heterocycles. The van der Waals surface area contributed by atoms with Crippen LogP contribution < -0.4 is 10.6 Å². The first-order valence-corrected chi connectivity index (χ1v) is 6.88. The molecule has 5 nitrogen and oxygen atoms in total. The number of aryl methyl sites for hydroxylation is 1. The zero-order chi connectivity index (χ0) is 14.8. The van der Waals surface area contributed by atoms with Crippen LogP contribution in [0.25, 0.3) is 0 Å². The van der Waals surface area contributed by atoms with Crippen LogP contribution in [0.5, 0.6) is 0 Å². The van der Waals surface area contributed by atoms with Crippen molar-refractivity contribution in [2.75, 3.05) is 25.1 Å². The summed E-state index contributed by atoms with van der Waals surface area (Å²) < 4.78 is 5.63. The maximum atomic E-state index is 8.97. The molecule has 1 aliphatic rings. The van der Waals surface area contributed by atoms with E-state index >= 15 is 0 Å². The fourth-order valence-corrected chi connectivity index (χ4v) is 2.76. The number of nitrogens with two attached hydrogens (primary N) is 1. The summed E-state index contributed by atoms with van der Waals surface area (Å²) in [6, 6.07) is 6.02. The van der Waals surface area contributed by atoms with Crippen LogP contribution in [0.3, 0.4) is 0 Å². The summed E-state index contributed by atoms with van der Waals surface area (Å²) in [6.45, 7) is 5.87. The van der Waals surface area contributed by atoms with E-state index in [1.165, 1.54) is 0 Å². The second-order valence-electron chi connectivity index (χ2n) is 5.68. The Hall–Kier alpha value is -1.75. The number of oxime groups is 1. The number of anilines is 1. The van der Waals surface area contributed by atoms with Crippen molar-refractivity contribution in [2.45, 2.75) is 32.3 Å². The highest BCUT2D eigenvalue weighted by atomic mass is 16.5. The molecule has 1 fully saturated rings. The molecule has 1 atom stereocenters. The van der Waals surface area contributed by atoms with Gasteiger partial charge >= 0.3 is 0 Å². The summed E-state index contributed by atoms with van der Waals surface area (Å²) in [5.41, 5.74) is 8.52. The fraction of sp³-hybridized carbons (Fsp3) is 0.533. The third-order valence-electron chi connectivity index (χ3n) is 4.03. The predicted molar refractivity (Wildman–Crippen MR) is 80.6 cm³/mol. The number of hydrogen-bond donors (Lipinski definition) is 2.